The number of hydrogen-bond donors (Lipinski definition) is 1. The van der Waals surface area contributed by atoms with Crippen LogP contribution in [0.1, 0.15) is 22.0 Å². The van der Waals surface area contributed by atoms with Crippen LogP contribution in [-0.2, 0) is 0 Å². The molecule has 2 aromatic carbocycles. The third-order valence-electron chi connectivity index (χ3n) is 3.04. The molecule has 90 valence electrons. The van der Waals surface area contributed by atoms with E-state index in [0.29, 0.717) is 12.2 Å². The molecule has 1 N–H and O–H groups in total. The first-order valence-corrected chi connectivity index (χ1v) is 5.92. The second-order valence-corrected chi connectivity index (χ2v) is 4.24. The Balaban J connectivity index is 1.77. The van der Waals surface area contributed by atoms with Crippen LogP contribution in [0.25, 0.3) is 0 Å². The third-order valence-corrected chi connectivity index (χ3v) is 3.04. The number of fused-ring (bicyclic) bond motifs is 1. The van der Waals surface area contributed by atoms with Crippen LogP contribution in [0.3, 0.4) is 0 Å². The van der Waals surface area contributed by atoms with Crippen LogP contribution < -0.4 is 10.1 Å². The monoisotopic (exact) mass is 239 g/mol. The first kappa shape index (κ1) is 10.8. The van der Waals surface area contributed by atoms with E-state index in [2.05, 4.69) is 5.32 Å². The minimum atomic E-state index is -0.0686. The number of carbonyl (C=O) groups excluding carboxylic acids is 1. The molecule has 1 amide bonds. The van der Waals surface area contributed by atoms with Gasteiger partial charge in [0.2, 0.25) is 0 Å². The fourth-order valence-corrected chi connectivity index (χ4v) is 2.11. The zero-order valence-corrected chi connectivity index (χ0v) is 9.80. The summed E-state index contributed by atoms with van der Waals surface area (Å²) in [4.78, 5) is 12.0. The minimum absolute atomic E-state index is 0.0612. The topological polar surface area (TPSA) is 38.3 Å². The van der Waals surface area contributed by atoms with Crippen LogP contribution >= 0.6 is 0 Å². The maximum absolute atomic E-state index is 12.0. The number of carbonyl (C=O) groups is 1. The molecular formula is C15H13NO2. The highest BCUT2D eigenvalue weighted by Gasteiger charge is 2.25. The predicted octanol–water partition coefficient (Wildman–Crippen LogP) is 2.55. The Morgan fingerprint density at radius 1 is 1.06 bits per heavy atom. The fourth-order valence-electron chi connectivity index (χ4n) is 2.11. The van der Waals surface area contributed by atoms with Crippen LogP contribution in [0.15, 0.2) is 54.6 Å². The highest BCUT2D eigenvalue weighted by Crippen LogP contribution is 2.31. The van der Waals surface area contributed by atoms with Gasteiger partial charge in [-0.3, -0.25) is 4.79 Å². The number of ether oxygens (including phenoxy) is 1. The lowest BCUT2D eigenvalue weighted by Crippen LogP contribution is -2.29. The molecule has 0 fully saturated rings. The van der Waals surface area contributed by atoms with Crippen LogP contribution in [0, 0.1) is 0 Å². The van der Waals surface area contributed by atoms with E-state index in [9.17, 15) is 4.79 Å². The minimum Gasteiger partial charge on any atom is -0.491 e. The summed E-state index contributed by atoms with van der Waals surface area (Å²) in [5.74, 6) is 0.789. The van der Waals surface area contributed by atoms with Gasteiger partial charge in [-0.2, -0.15) is 0 Å². The number of hydrogen-bond acceptors (Lipinski definition) is 2. The maximum atomic E-state index is 12.0. The molecule has 1 unspecified atom stereocenters. The van der Waals surface area contributed by atoms with E-state index in [0.717, 1.165) is 11.3 Å². The number of benzene rings is 2. The van der Waals surface area contributed by atoms with Crippen molar-refractivity contribution < 1.29 is 9.53 Å². The van der Waals surface area contributed by atoms with Crippen LogP contribution in [-0.4, -0.2) is 12.5 Å². The van der Waals surface area contributed by atoms with Gasteiger partial charge in [-0.1, -0.05) is 36.4 Å². The van der Waals surface area contributed by atoms with Gasteiger partial charge < -0.3 is 10.1 Å². The summed E-state index contributed by atoms with van der Waals surface area (Å²) in [5.41, 5.74) is 1.71. The standard InChI is InChI=1S/C15H13NO2/c17-15(11-6-2-1-3-7-11)16-13-10-18-14-9-5-4-8-12(13)14/h1-9,13H,10H2,(H,16,17). The molecule has 0 saturated heterocycles. The number of amides is 1. The highest BCUT2D eigenvalue weighted by molar-refractivity contribution is 5.94. The van der Waals surface area contributed by atoms with Gasteiger partial charge in [0, 0.05) is 11.1 Å². The molecule has 1 aliphatic heterocycles. The van der Waals surface area contributed by atoms with Gasteiger partial charge in [0.15, 0.2) is 0 Å². The smallest absolute Gasteiger partial charge is 0.251 e. The molecule has 3 heteroatoms. The Kier molecular flexibility index (Phi) is 2.73. The molecule has 0 aromatic heterocycles. The summed E-state index contributed by atoms with van der Waals surface area (Å²) >= 11 is 0. The van der Waals surface area contributed by atoms with Gasteiger partial charge in [-0.25, -0.2) is 0 Å². The Morgan fingerprint density at radius 3 is 2.61 bits per heavy atom. The third kappa shape index (κ3) is 1.95. The summed E-state index contributed by atoms with van der Waals surface area (Å²) in [5, 5.41) is 2.99. The second-order valence-electron chi connectivity index (χ2n) is 4.24. The summed E-state index contributed by atoms with van der Waals surface area (Å²) in [6, 6.07) is 16.9. The van der Waals surface area contributed by atoms with E-state index in [-0.39, 0.29) is 11.9 Å². The largest absolute Gasteiger partial charge is 0.491 e. The normalized spacial score (nSPS) is 16.8. The summed E-state index contributed by atoms with van der Waals surface area (Å²) in [6.45, 7) is 0.498. The van der Waals surface area contributed by atoms with Gasteiger partial charge in [-0.15, -0.1) is 0 Å². The van der Waals surface area contributed by atoms with Crippen molar-refractivity contribution in [2.75, 3.05) is 6.61 Å². The van der Waals surface area contributed by atoms with E-state index in [1.165, 1.54) is 0 Å². The lowest BCUT2D eigenvalue weighted by atomic mass is 10.1. The Hall–Kier alpha value is -2.29. The van der Waals surface area contributed by atoms with Crippen molar-refractivity contribution in [3.63, 3.8) is 0 Å². The van der Waals surface area contributed by atoms with Crippen molar-refractivity contribution in [2.24, 2.45) is 0 Å². The molecule has 0 bridgehead atoms. The van der Waals surface area contributed by atoms with Crippen LogP contribution in [0.2, 0.25) is 0 Å². The lowest BCUT2D eigenvalue weighted by Gasteiger charge is -2.11. The van der Waals surface area contributed by atoms with E-state index >= 15 is 0 Å². The Morgan fingerprint density at radius 2 is 1.78 bits per heavy atom. The molecule has 1 atom stereocenters. The molecule has 1 aliphatic rings. The molecule has 2 aromatic rings. The van der Waals surface area contributed by atoms with E-state index < -0.39 is 0 Å². The summed E-state index contributed by atoms with van der Waals surface area (Å²) in [6.07, 6.45) is 0. The van der Waals surface area contributed by atoms with Gasteiger partial charge >= 0.3 is 0 Å². The molecule has 0 radical (unpaired) electrons. The van der Waals surface area contributed by atoms with E-state index in [1.807, 2.05) is 42.5 Å². The molecule has 3 rings (SSSR count). The zero-order valence-electron chi connectivity index (χ0n) is 9.80. The molecule has 3 nitrogen and oxygen atoms in total. The first-order chi connectivity index (χ1) is 8.84. The highest BCUT2D eigenvalue weighted by atomic mass is 16.5. The molecule has 0 saturated carbocycles. The Bertz CT molecular complexity index is 566. The summed E-state index contributed by atoms with van der Waals surface area (Å²) in [7, 11) is 0. The fraction of sp³-hybridized carbons (Fsp3) is 0.133. The van der Waals surface area contributed by atoms with Gasteiger partial charge in [-0.05, 0) is 18.2 Å². The van der Waals surface area contributed by atoms with Gasteiger partial charge in [0.05, 0.1) is 6.04 Å². The van der Waals surface area contributed by atoms with E-state index in [1.54, 1.807) is 12.1 Å². The second kappa shape index (κ2) is 4.53. The maximum Gasteiger partial charge on any atom is 0.251 e. The quantitative estimate of drug-likeness (QED) is 0.874. The van der Waals surface area contributed by atoms with Gasteiger partial charge in [0.1, 0.15) is 12.4 Å². The van der Waals surface area contributed by atoms with Crippen molar-refractivity contribution in [1.82, 2.24) is 5.32 Å². The SMILES string of the molecule is O=C(NC1COc2ccccc21)c1ccccc1. The average molecular weight is 239 g/mol. The number of rotatable bonds is 2. The molecule has 0 spiro atoms. The van der Waals surface area contributed by atoms with Crippen molar-refractivity contribution in [2.45, 2.75) is 6.04 Å². The zero-order chi connectivity index (χ0) is 12.4. The van der Waals surface area contributed by atoms with Crippen molar-refractivity contribution in [1.29, 1.82) is 0 Å². The van der Waals surface area contributed by atoms with Crippen molar-refractivity contribution in [3.8, 4) is 5.75 Å². The van der Waals surface area contributed by atoms with E-state index in [4.69, 9.17) is 4.74 Å². The lowest BCUT2D eigenvalue weighted by molar-refractivity contribution is 0.0930. The van der Waals surface area contributed by atoms with Crippen molar-refractivity contribution >= 4 is 5.91 Å². The average Bonchev–Trinajstić information content (AvgIpc) is 2.83. The van der Waals surface area contributed by atoms with Gasteiger partial charge in [0.25, 0.3) is 5.91 Å². The first-order valence-electron chi connectivity index (χ1n) is 5.92. The molecule has 1 heterocycles. The van der Waals surface area contributed by atoms with Crippen LogP contribution in [0.5, 0.6) is 5.75 Å². The predicted molar refractivity (Wildman–Crippen MR) is 68.6 cm³/mol. The molecule has 18 heavy (non-hydrogen) atoms. The van der Waals surface area contributed by atoms with Crippen LogP contribution in [0.4, 0.5) is 0 Å². The number of para-hydroxylation sites is 1. The number of nitrogens with one attached hydrogen (secondary N) is 1. The summed E-state index contributed by atoms with van der Waals surface area (Å²) < 4.78 is 5.53. The molecule has 0 aliphatic carbocycles. The van der Waals surface area contributed by atoms with Crippen molar-refractivity contribution in [3.05, 3.63) is 65.7 Å². The molecular weight excluding hydrogens is 226 g/mol. The Labute approximate surface area is 105 Å².